The van der Waals surface area contributed by atoms with Crippen LogP contribution in [0, 0.1) is 0 Å². The zero-order valence-corrected chi connectivity index (χ0v) is 28.4. The second-order valence-electron chi connectivity index (χ2n) is 15.2. The van der Waals surface area contributed by atoms with Gasteiger partial charge in [0.05, 0.1) is 0 Å². The minimum Gasteiger partial charge on any atom is -0.338 e. The Morgan fingerprint density at radius 2 is 1.23 bits per heavy atom. The molecule has 0 amide bonds. The van der Waals surface area contributed by atoms with Crippen molar-refractivity contribution in [2.75, 3.05) is 9.80 Å². The zero-order chi connectivity index (χ0) is 32.4. The van der Waals surface area contributed by atoms with Crippen molar-refractivity contribution in [2.24, 2.45) is 0 Å². The molecule has 3 unspecified atom stereocenters. The van der Waals surface area contributed by atoms with Crippen molar-refractivity contribution < 1.29 is 0 Å². The maximum atomic E-state index is 2.66. The SMILES string of the molecule is CC(C)(C)c1ccc2c(c1)C1CCCCC1N2c1ccc(-c2ccc(-c3ccc(N4C5=CC=CCC5c5ccccc54)cc3)cc2)cc1. The molecule has 1 fully saturated rings. The molecule has 2 nitrogen and oxygen atoms in total. The molecule has 2 aliphatic carbocycles. The Balaban J connectivity index is 0.952. The smallest absolute Gasteiger partial charge is 0.0497 e. The van der Waals surface area contributed by atoms with Gasteiger partial charge in [-0.05, 0) is 106 Å². The van der Waals surface area contributed by atoms with Crippen LogP contribution in [0.5, 0.6) is 0 Å². The summed E-state index contributed by atoms with van der Waals surface area (Å²) in [5.41, 5.74) is 16.3. The van der Waals surface area contributed by atoms with Crippen LogP contribution in [0.15, 0.2) is 139 Å². The molecule has 48 heavy (non-hydrogen) atoms. The number of allylic oxidation sites excluding steroid dienone is 4. The number of rotatable bonds is 4. The molecule has 1 saturated carbocycles. The molecule has 4 aliphatic rings. The summed E-state index contributed by atoms with van der Waals surface area (Å²) < 4.78 is 0. The fraction of sp³-hybridized carbons (Fsp3) is 0.261. The van der Waals surface area contributed by atoms with Gasteiger partial charge in [0, 0.05) is 46.3 Å². The summed E-state index contributed by atoms with van der Waals surface area (Å²) in [6, 6.07) is 44.2. The van der Waals surface area contributed by atoms with Crippen LogP contribution >= 0.6 is 0 Å². The van der Waals surface area contributed by atoms with E-state index in [9.17, 15) is 0 Å². The Bertz CT molecular complexity index is 2040. The normalized spacial score (nSPS) is 21.0. The van der Waals surface area contributed by atoms with Gasteiger partial charge in [0.2, 0.25) is 0 Å². The van der Waals surface area contributed by atoms with Gasteiger partial charge in [-0.2, -0.15) is 0 Å². The van der Waals surface area contributed by atoms with Crippen LogP contribution in [0.4, 0.5) is 22.7 Å². The number of nitrogens with zero attached hydrogens (tertiary/aromatic N) is 2. The summed E-state index contributed by atoms with van der Waals surface area (Å²) in [7, 11) is 0. The summed E-state index contributed by atoms with van der Waals surface area (Å²) in [5, 5.41) is 0. The van der Waals surface area contributed by atoms with Gasteiger partial charge < -0.3 is 9.80 Å². The molecule has 2 heteroatoms. The van der Waals surface area contributed by atoms with Crippen LogP contribution in [0.25, 0.3) is 22.3 Å². The summed E-state index contributed by atoms with van der Waals surface area (Å²) >= 11 is 0. The van der Waals surface area contributed by atoms with Gasteiger partial charge in [-0.25, -0.2) is 0 Å². The largest absolute Gasteiger partial charge is 0.338 e. The summed E-state index contributed by atoms with van der Waals surface area (Å²) in [4.78, 5) is 5.10. The van der Waals surface area contributed by atoms with E-state index in [1.807, 2.05) is 0 Å². The van der Waals surface area contributed by atoms with Crippen molar-refractivity contribution in [1.29, 1.82) is 0 Å². The standard InChI is InChI=1S/C46H44N2/c1-46(2,3)35-24-29-45-41(30-35)40-12-6-9-15-44(40)48(45)37-27-22-34(23-28-37)32-18-16-31(17-19-32)33-20-25-36(26-21-33)47-42-13-7-4-10-38(42)39-11-5-8-14-43(39)47/h4-5,7-8,10,13-14,16-30,39-40,44H,6,9,11-12,15H2,1-3H3. The topological polar surface area (TPSA) is 6.48 Å². The third-order valence-electron chi connectivity index (χ3n) is 11.4. The first-order valence-corrected chi connectivity index (χ1v) is 17.9. The van der Waals surface area contributed by atoms with Crippen molar-refractivity contribution in [3.8, 4) is 22.3 Å². The van der Waals surface area contributed by atoms with Crippen molar-refractivity contribution >= 4 is 22.7 Å². The minimum absolute atomic E-state index is 0.169. The highest BCUT2D eigenvalue weighted by atomic mass is 15.2. The van der Waals surface area contributed by atoms with Gasteiger partial charge >= 0.3 is 0 Å². The van der Waals surface area contributed by atoms with Crippen LogP contribution in [0.3, 0.4) is 0 Å². The van der Waals surface area contributed by atoms with Gasteiger partial charge in [0.1, 0.15) is 0 Å². The quantitative estimate of drug-likeness (QED) is 0.196. The highest BCUT2D eigenvalue weighted by Gasteiger charge is 2.41. The lowest BCUT2D eigenvalue weighted by atomic mass is 9.80. The highest BCUT2D eigenvalue weighted by Crippen LogP contribution is 2.53. The molecule has 0 spiro atoms. The van der Waals surface area contributed by atoms with E-state index in [4.69, 9.17) is 0 Å². The maximum absolute atomic E-state index is 2.66. The number of para-hydroxylation sites is 1. The van der Waals surface area contributed by atoms with E-state index in [1.165, 1.54) is 87.5 Å². The molecule has 2 aliphatic heterocycles. The second-order valence-corrected chi connectivity index (χ2v) is 15.2. The molecule has 5 aromatic rings. The maximum Gasteiger partial charge on any atom is 0.0497 e. The minimum atomic E-state index is 0.169. The summed E-state index contributed by atoms with van der Waals surface area (Å²) in [5.74, 6) is 1.09. The molecule has 0 saturated heterocycles. The van der Waals surface area contributed by atoms with Crippen molar-refractivity contribution in [3.63, 3.8) is 0 Å². The molecule has 0 aromatic heterocycles. The Morgan fingerprint density at radius 1 is 0.604 bits per heavy atom. The first-order valence-electron chi connectivity index (χ1n) is 17.9. The monoisotopic (exact) mass is 624 g/mol. The first kappa shape index (κ1) is 29.3. The number of hydrogen-bond acceptors (Lipinski definition) is 2. The fourth-order valence-corrected chi connectivity index (χ4v) is 8.85. The number of anilines is 4. The number of hydrogen-bond donors (Lipinski definition) is 0. The van der Waals surface area contributed by atoms with Gasteiger partial charge in [-0.15, -0.1) is 0 Å². The Kier molecular flexibility index (Phi) is 6.97. The van der Waals surface area contributed by atoms with Crippen molar-refractivity contribution in [1.82, 2.24) is 0 Å². The van der Waals surface area contributed by atoms with Crippen molar-refractivity contribution in [3.05, 3.63) is 156 Å². The molecular weight excluding hydrogens is 581 g/mol. The van der Waals surface area contributed by atoms with Crippen LogP contribution in [0.1, 0.15) is 81.4 Å². The van der Waals surface area contributed by atoms with E-state index >= 15 is 0 Å². The molecule has 9 rings (SSSR count). The molecule has 0 bridgehead atoms. The third-order valence-corrected chi connectivity index (χ3v) is 11.4. The fourth-order valence-electron chi connectivity index (χ4n) is 8.85. The third kappa shape index (κ3) is 4.84. The zero-order valence-electron chi connectivity index (χ0n) is 28.4. The van der Waals surface area contributed by atoms with E-state index in [0.717, 1.165) is 6.42 Å². The van der Waals surface area contributed by atoms with Crippen LogP contribution in [-0.2, 0) is 5.41 Å². The average Bonchev–Trinajstić information content (AvgIpc) is 3.64. The summed E-state index contributed by atoms with van der Waals surface area (Å²) in [6.07, 6.45) is 13.1. The molecule has 2 heterocycles. The van der Waals surface area contributed by atoms with E-state index in [2.05, 4.69) is 164 Å². The lowest BCUT2D eigenvalue weighted by molar-refractivity contribution is 0.402. The molecule has 5 aromatic carbocycles. The lowest BCUT2D eigenvalue weighted by Crippen LogP contribution is -2.32. The molecular formula is C46H44N2. The lowest BCUT2D eigenvalue weighted by Gasteiger charge is -2.33. The Morgan fingerprint density at radius 3 is 1.92 bits per heavy atom. The van der Waals surface area contributed by atoms with Gasteiger partial charge in [-0.3, -0.25) is 0 Å². The predicted octanol–water partition coefficient (Wildman–Crippen LogP) is 12.6. The van der Waals surface area contributed by atoms with Gasteiger partial charge in [0.15, 0.2) is 0 Å². The molecule has 0 radical (unpaired) electrons. The van der Waals surface area contributed by atoms with Crippen LogP contribution in [-0.4, -0.2) is 6.04 Å². The predicted molar refractivity (Wildman–Crippen MR) is 203 cm³/mol. The molecule has 238 valence electrons. The van der Waals surface area contributed by atoms with E-state index in [1.54, 1.807) is 5.56 Å². The Hall–Kier alpha value is -4.82. The van der Waals surface area contributed by atoms with Gasteiger partial charge in [-0.1, -0.05) is 125 Å². The van der Waals surface area contributed by atoms with Gasteiger partial charge in [0.25, 0.3) is 0 Å². The highest BCUT2D eigenvalue weighted by molar-refractivity contribution is 5.81. The first-order chi connectivity index (χ1) is 23.4. The van der Waals surface area contributed by atoms with Crippen molar-refractivity contribution in [2.45, 2.75) is 76.2 Å². The second kappa shape index (κ2) is 11.4. The van der Waals surface area contributed by atoms with Crippen LogP contribution < -0.4 is 9.80 Å². The van der Waals surface area contributed by atoms with E-state index in [-0.39, 0.29) is 5.41 Å². The molecule has 3 atom stereocenters. The Labute approximate surface area is 286 Å². The molecule has 0 N–H and O–H groups in total. The summed E-state index contributed by atoms with van der Waals surface area (Å²) in [6.45, 7) is 6.99. The van der Waals surface area contributed by atoms with E-state index in [0.29, 0.717) is 17.9 Å². The average molecular weight is 625 g/mol. The number of fused-ring (bicyclic) bond motifs is 6. The number of benzene rings is 5. The van der Waals surface area contributed by atoms with E-state index < -0.39 is 0 Å². The van der Waals surface area contributed by atoms with Crippen LogP contribution in [0.2, 0.25) is 0 Å².